The fourth-order valence-electron chi connectivity index (χ4n) is 3.49. The Labute approximate surface area is 137 Å². The van der Waals surface area contributed by atoms with Gasteiger partial charge in [-0.2, -0.15) is 4.31 Å². The molecule has 0 bridgehead atoms. The SMILES string of the molecule is C#C/C(C)=C/C(C)(C)N(C(C)(C)CC(C)(C)C#C)S(C)(=O)=O. The molecule has 0 rings (SSSR count). The molecule has 0 unspecified atom stereocenters. The largest absolute Gasteiger partial charge is 0.212 e. The lowest BCUT2D eigenvalue weighted by Gasteiger charge is -2.47. The molecule has 0 aliphatic heterocycles. The van der Waals surface area contributed by atoms with Crippen LogP contribution in [0, 0.1) is 30.1 Å². The fourth-order valence-corrected chi connectivity index (χ4v) is 5.36. The highest BCUT2D eigenvalue weighted by atomic mass is 32.2. The van der Waals surface area contributed by atoms with Crippen molar-refractivity contribution in [3.63, 3.8) is 0 Å². The molecule has 0 aliphatic rings. The maximum absolute atomic E-state index is 12.5. The third-order valence-corrected chi connectivity index (χ3v) is 5.10. The van der Waals surface area contributed by atoms with Crippen molar-refractivity contribution < 1.29 is 8.42 Å². The van der Waals surface area contributed by atoms with Gasteiger partial charge in [-0.15, -0.1) is 18.8 Å². The lowest BCUT2D eigenvalue weighted by molar-refractivity contribution is 0.111. The highest BCUT2D eigenvalue weighted by molar-refractivity contribution is 7.88. The van der Waals surface area contributed by atoms with Gasteiger partial charge in [0.2, 0.25) is 10.0 Å². The van der Waals surface area contributed by atoms with E-state index in [4.69, 9.17) is 12.8 Å². The van der Waals surface area contributed by atoms with E-state index in [2.05, 4.69) is 11.8 Å². The molecule has 22 heavy (non-hydrogen) atoms. The summed E-state index contributed by atoms with van der Waals surface area (Å²) in [6, 6.07) is 0. The van der Waals surface area contributed by atoms with Gasteiger partial charge in [0.1, 0.15) is 0 Å². The first-order chi connectivity index (χ1) is 9.59. The Kier molecular flexibility index (Phi) is 6.12. The lowest BCUT2D eigenvalue weighted by atomic mass is 9.79. The van der Waals surface area contributed by atoms with Gasteiger partial charge in [0.25, 0.3) is 0 Å². The van der Waals surface area contributed by atoms with Gasteiger partial charge in [0, 0.05) is 16.5 Å². The van der Waals surface area contributed by atoms with Crippen molar-refractivity contribution >= 4 is 10.0 Å². The molecule has 3 nitrogen and oxygen atoms in total. The number of hydrogen-bond donors (Lipinski definition) is 0. The van der Waals surface area contributed by atoms with E-state index in [1.165, 1.54) is 10.6 Å². The van der Waals surface area contributed by atoms with Crippen LogP contribution in [-0.2, 0) is 10.0 Å². The third kappa shape index (κ3) is 5.52. The van der Waals surface area contributed by atoms with Gasteiger partial charge in [-0.3, -0.25) is 0 Å². The van der Waals surface area contributed by atoms with E-state index in [-0.39, 0.29) is 0 Å². The van der Waals surface area contributed by atoms with Crippen LogP contribution in [-0.4, -0.2) is 30.1 Å². The van der Waals surface area contributed by atoms with E-state index in [1.54, 1.807) is 13.0 Å². The summed E-state index contributed by atoms with van der Waals surface area (Å²) in [7, 11) is -3.46. The van der Waals surface area contributed by atoms with E-state index < -0.39 is 26.5 Å². The Balaban J connectivity index is 6.10. The normalized spacial score (nSPS) is 14.6. The van der Waals surface area contributed by atoms with Crippen LogP contribution in [0.5, 0.6) is 0 Å². The van der Waals surface area contributed by atoms with Gasteiger partial charge in [0.15, 0.2) is 0 Å². The molecule has 0 aromatic carbocycles. The van der Waals surface area contributed by atoms with Crippen LogP contribution in [0.15, 0.2) is 11.6 Å². The van der Waals surface area contributed by atoms with Gasteiger partial charge in [-0.25, -0.2) is 8.42 Å². The molecule has 0 spiro atoms. The molecule has 0 aliphatic carbocycles. The summed E-state index contributed by atoms with van der Waals surface area (Å²) < 4.78 is 26.4. The van der Waals surface area contributed by atoms with E-state index in [0.717, 1.165) is 0 Å². The topological polar surface area (TPSA) is 37.4 Å². The van der Waals surface area contributed by atoms with Crippen LogP contribution in [0.25, 0.3) is 0 Å². The van der Waals surface area contributed by atoms with Crippen LogP contribution in [0.2, 0.25) is 0 Å². The molecule has 124 valence electrons. The summed E-state index contributed by atoms with van der Waals surface area (Å²) in [4.78, 5) is 0. The minimum Gasteiger partial charge on any atom is -0.212 e. The second kappa shape index (κ2) is 6.49. The van der Waals surface area contributed by atoms with Crippen LogP contribution < -0.4 is 0 Å². The molecule has 0 amide bonds. The van der Waals surface area contributed by atoms with Gasteiger partial charge < -0.3 is 0 Å². The molecule has 0 atom stereocenters. The van der Waals surface area contributed by atoms with E-state index in [1.807, 2.05) is 41.5 Å². The van der Waals surface area contributed by atoms with Gasteiger partial charge in [0.05, 0.1) is 6.26 Å². The van der Waals surface area contributed by atoms with E-state index in [9.17, 15) is 8.42 Å². The van der Waals surface area contributed by atoms with Crippen molar-refractivity contribution in [3.05, 3.63) is 11.6 Å². The monoisotopic (exact) mass is 323 g/mol. The summed E-state index contributed by atoms with van der Waals surface area (Å²) in [6.45, 7) is 13.1. The van der Waals surface area contributed by atoms with Gasteiger partial charge >= 0.3 is 0 Å². The highest BCUT2D eigenvalue weighted by Crippen LogP contribution is 2.38. The molecule has 0 N–H and O–H groups in total. The second-order valence-corrected chi connectivity index (χ2v) is 9.50. The molecule has 0 aromatic rings. The maximum Gasteiger partial charge on any atom is 0.212 e. The Morgan fingerprint density at radius 2 is 1.59 bits per heavy atom. The lowest BCUT2D eigenvalue weighted by Crippen LogP contribution is -2.58. The number of rotatable bonds is 6. The number of terminal acetylenes is 2. The van der Waals surface area contributed by atoms with Crippen LogP contribution >= 0.6 is 0 Å². The average Bonchev–Trinajstić information content (AvgIpc) is 2.23. The fraction of sp³-hybridized carbons (Fsp3) is 0.667. The van der Waals surface area contributed by atoms with Crippen molar-refractivity contribution in [2.75, 3.05) is 6.26 Å². The summed E-state index contributed by atoms with van der Waals surface area (Å²) in [5, 5.41) is 0. The summed E-state index contributed by atoms with van der Waals surface area (Å²) in [5.41, 5.74) is -1.12. The molecule has 0 saturated carbocycles. The molecule has 0 fully saturated rings. The van der Waals surface area contributed by atoms with E-state index in [0.29, 0.717) is 12.0 Å². The summed E-state index contributed by atoms with van der Waals surface area (Å²) in [6.07, 6.45) is 14.5. The molecular weight excluding hydrogens is 294 g/mol. The zero-order valence-corrected chi connectivity index (χ0v) is 15.9. The Bertz CT molecular complexity index is 623. The van der Waals surface area contributed by atoms with Gasteiger partial charge in [-0.1, -0.05) is 12.0 Å². The minimum atomic E-state index is -3.46. The quantitative estimate of drug-likeness (QED) is 0.702. The van der Waals surface area contributed by atoms with Crippen molar-refractivity contribution in [1.29, 1.82) is 0 Å². The number of hydrogen-bond acceptors (Lipinski definition) is 2. The zero-order chi connectivity index (χ0) is 18.0. The maximum atomic E-state index is 12.5. The molecule has 0 radical (unpaired) electrons. The van der Waals surface area contributed by atoms with Crippen molar-refractivity contribution in [2.24, 2.45) is 5.41 Å². The average molecular weight is 324 g/mol. The molecule has 0 heterocycles. The first-order valence-corrected chi connectivity index (χ1v) is 9.08. The Morgan fingerprint density at radius 1 is 1.14 bits per heavy atom. The third-order valence-electron chi connectivity index (χ3n) is 3.47. The first kappa shape index (κ1) is 20.8. The predicted molar refractivity (Wildman–Crippen MR) is 94.7 cm³/mol. The van der Waals surface area contributed by atoms with E-state index >= 15 is 0 Å². The first-order valence-electron chi connectivity index (χ1n) is 7.23. The van der Waals surface area contributed by atoms with Gasteiger partial charge in [-0.05, 0) is 60.5 Å². The van der Waals surface area contributed by atoms with Crippen molar-refractivity contribution in [2.45, 2.75) is 66.0 Å². The Hall–Kier alpha value is -1.23. The van der Waals surface area contributed by atoms with Crippen LogP contribution in [0.1, 0.15) is 54.9 Å². The van der Waals surface area contributed by atoms with Crippen LogP contribution in [0.3, 0.4) is 0 Å². The summed E-state index contributed by atoms with van der Waals surface area (Å²) in [5.74, 6) is 5.28. The zero-order valence-electron chi connectivity index (χ0n) is 15.1. The smallest absolute Gasteiger partial charge is 0.212 e. The van der Waals surface area contributed by atoms with Crippen LogP contribution in [0.4, 0.5) is 0 Å². The van der Waals surface area contributed by atoms with Crippen molar-refractivity contribution in [3.8, 4) is 24.7 Å². The second-order valence-electron chi connectivity index (χ2n) is 7.67. The number of nitrogens with zero attached hydrogens (tertiary/aromatic N) is 1. The number of sulfonamides is 1. The highest BCUT2D eigenvalue weighted by Gasteiger charge is 2.45. The van der Waals surface area contributed by atoms with Crippen molar-refractivity contribution in [1.82, 2.24) is 4.31 Å². The molecule has 0 saturated heterocycles. The summed E-state index contributed by atoms with van der Waals surface area (Å²) >= 11 is 0. The molecular formula is C18H29NO2S. The predicted octanol–water partition coefficient (Wildman–Crippen LogP) is 3.43. The minimum absolute atomic E-state index is 0.409. The standard InChI is InChI=1S/C18H29NO2S/c1-11-15(3)13-17(6,7)19(22(10,20)21)18(8,9)14-16(4,5)12-2/h1-2,13H,14H2,3-10H3/b15-13+. The molecule has 0 aromatic heterocycles. The molecule has 4 heteroatoms. The number of allylic oxidation sites excluding steroid dienone is 1. The Morgan fingerprint density at radius 3 is 1.91 bits per heavy atom.